The maximum Gasteiger partial charge on any atom is 0.331 e. The summed E-state index contributed by atoms with van der Waals surface area (Å²) in [6.07, 6.45) is 2.50. The topological polar surface area (TPSA) is 61.5 Å². The van der Waals surface area contributed by atoms with Crippen molar-refractivity contribution in [2.45, 2.75) is 31.4 Å². The molecule has 116 valence electrons. The molecule has 1 heterocycles. The second kappa shape index (κ2) is 7.82. The number of carbonyl (C=O) groups is 1. The molecule has 0 bridgehead atoms. The predicted molar refractivity (Wildman–Crippen MR) is 85.2 cm³/mol. The molecule has 4 nitrogen and oxygen atoms in total. The number of ether oxygens (including phenoxy) is 2. The maximum atomic E-state index is 12.3. The third-order valence-corrected chi connectivity index (χ3v) is 4.85. The standard InChI is InChI=1S/C16H23NO3S/c1-2-19-15(18)16(17,13-7-4-3-5-8-13)12-21-11-14-9-6-10-20-14/h3-5,7-8,14H,2,6,9-12,17H2,1H3. The second-order valence-electron chi connectivity index (χ2n) is 5.21. The molecule has 2 unspecified atom stereocenters. The van der Waals surface area contributed by atoms with E-state index in [0.717, 1.165) is 30.8 Å². The van der Waals surface area contributed by atoms with Crippen LogP contribution < -0.4 is 5.73 Å². The second-order valence-corrected chi connectivity index (χ2v) is 6.24. The molecule has 0 saturated carbocycles. The molecule has 1 aliphatic heterocycles. The molecule has 5 heteroatoms. The van der Waals surface area contributed by atoms with E-state index in [4.69, 9.17) is 15.2 Å². The summed E-state index contributed by atoms with van der Waals surface area (Å²) in [5, 5.41) is 0. The number of hydrogen-bond donors (Lipinski definition) is 1. The molecular weight excluding hydrogens is 286 g/mol. The van der Waals surface area contributed by atoms with E-state index in [0.29, 0.717) is 12.4 Å². The third-order valence-electron chi connectivity index (χ3n) is 3.59. The van der Waals surface area contributed by atoms with Crippen LogP contribution in [0.15, 0.2) is 30.3 Å². The minimum absolute atomic E-state index is 0.289. The van der Waals surface area contributed by atoms with Crippen LogP contribution in [-0.2, 0) is 19.8 Å². The summed E-state index contributed by atoms with van der Waals surface area (Å²) >= 11 is 1.66. The number of benzene rings is 1. The first-order chi connectivity index (χ1) is 10.2. The van der Waals surface area contributed by atoms with Gasteiger partial charge in [-0.3, -0.25) is 0 Å². The predicted octanol–water partition coefficient (Wildman–Crippen LogP) is 2.32. The smallest absolute Gasteiger partial charge is 0.331 e. The average Bonchev–Trinajstić information content (AvgIpc) is 3.01. The van der Waals surface area contributed by atoms with Crippen LogP contribution in [0.1, 0.15) is 25.3 Å². The van der Waals surface area contributed by atoms with E-state index in [1.807, 2.05) is 30.3 Å². The Morgan fingerprint density at radius 2 is 2.24 bits per heavy atom. The molecule has 0 spiro atoms. The van der Waals surface area contributed by atoms with Gasteiger partial charge in [0.05, 0.1) is 12.7 Å². The fraction of sp³-hybridized carbons (Fsp3) is 0.562. The lowest BCUT2D eigenvalue weighted by Crippen LogP contribution is -2.48. The van der Waals surface area contributed by atoms with Gasteiger partial charge in [-0.2, -0.15) is 11.8 Å². The van der Waals surface area contributed by atoms with E-state index < -0.39 is 5.54 Å². The van der Waals surface area contributed by atoms with Gasteiger partial charge in [-0.25, -0.2) is 4.79 Å². The van der Waals surface area contributed by atoms with E-state index in [-0.39, 0.29) is 12.1 Å². The van der Waals surface area contributed by atoms with Crippen molar-refractivity contribution in [2.24, 2.45) is 5.73 Å². The van der Waals surface area contributed by atoms with E-state index in [2.05, 4.69) is 0 Å². The summed E-state index contributed by atoms with van der Waals surface area (Å²) in [4.78, 5) is 12.3. The summed E-state index contributed by atoms with van der Waals surface area (Å²) in [7, 11) is 0. The van der Waals surface area contributed by atoms with Gasteiger partial charge in [-0.15, -0.1) is 0 Å². The molecule has 1 saturated heterocycles. The SMILES string of the molecule is CCOC(=O)C(N)(CSCC1CCCO1)c1ccccc1. The number of carbonyl (C=O) groups excluding carboxylic acids is 1. The summed E-state index contributed by atoms with van der Waals surface area (Å²) in [6.45, 7) is 2.97. The lowest BCUT2D eigenvalue weighted by Gasteiger charge is -2.27. The van der Waals surface area contributed by atoms with Crippen molar-refractivity contribution in [3.05, 3.63) is 35.9 Å². The Hall–Kier alpha value is -1.04. The zero-order chi connectivity index (χ0) is 15.1. The number of hydrogen-bond acceptors (Lipinski definition) is 5. The zero-order valence-corrected chi connectivity index (χ0v) is 13.2. The molecule has 2 rings (SSSR count). The van der Waals surface area contributed by atoms with Crippen LogP contribution in [-0.4, -0.2) is 36.8 Å². The van der Waals surface area contributed by atoms with Crippen molar-refractivity contribution >= 4 is 17.7 Å². The number of thioether (sulfide) groups is 1. The first-order valence-electron chi connectivity index (χ1n) is 7.38. The highest BCUT2D eigenvalue weighted by Gasteiger charge is 2.37. The van der Waals surface area contributed by atoms with Gasteiger partial charge < -0.3 is 15.2 Å². The first-order valence-corrected chi connectivity index (χ1v) is 8.53. The minimum atomic E-state index is -1.10. The molecule has 1 fully saturated rings. The molecule has 0 amide bonds. The Balaban J connectivity index is 2.02. The van der Waals surface area contributed by atoms with Crippen molar-refractivity contribution in [3.8, 4) is 0 Å². The molecule has 2 atom stereocenters. The molecular formula is C16H23NO3S. The van der Waals surface area contributed by atoms with Crippen molar-refractivity contribution in [2.75, 3.05) is 24.7 Å². The van der Waals surface area contributed by atoms with Crippen molar-refractivity contribution in [1.82, 2.24) is 0 Å². The molecule has 0 aromatic heterocycles. The number of esters is 1. The molecule has 21 heavy (non-hydrogen) atoms. The monoisotopic (exact) mass is 309 g/mol. The van der Waals surface area contributed by atoms with Crippen molar-refractivity contribution < 1.29 is 14.3 Å². The summed E-state index contributed by atoms with van der Waals surface area (Å²) in [5.74, 6) is 0.997. The van der Waals surface area contributed by atoms with E-state index in [1.165, 1.54) is 0 Å². The lowest BCUT2D eigenvalue weighted by atomic mass is 9.93. The molecule has 1 aromatic carbocycles. The summed E-state index contributed by atoms with van der Waals surface area (Å²) in [5.41, 5.74) is 6.10. The van der Waals surface area contributed by atoms with E-state index in [1.54, 1.807) is 18.7 Å². The Bertz CT molecular complexity index is 448. The lowest BCUT2D eigenvalue weighted by molar-refractivity contribution is -0.149. The van der Waals surface area contributed by atoms with Gasteiger partial charge in [0.2, 0.25) is 0 Å². The van der Waals surface area contributed by atoms with Gasteiger partial charge in [0.1, 0.15) is 5.54 Å². The summed E-state index contributed by atoms with van der Waals surface area (Å²) in [6, 6.07) is 9.45. The van der Waals surface area contributed by atoms with Gasteiger partial charge in [-0.1, -0.05) is 30.3 Å². The molecule has 0 aliphatic carbocycles. The number of nitrogens with two attached hydrogens (primary N) is 1. The van der Waals surface area contributed by atoms with E-state index >= 15 is 0 Å². The Morgan fingerprint density at radius 3 is 2.86 bits per heavy atom. The van der Waals surface area contributed by atoms with Crippen LogP contribution in [0.3, 0.4) is 0 Å². The van der Waals surface area contributed by atoms with Gasteiger partial charge in [0.25, 0.3) is 0 Å². The maximum absolute atomic E-state index is 12.3. The molecule has 2 N–H and O–H groups in total. The number of rotatable bonds is 7. The van der Waals surface area contributed by atoms with Crippen LogP contribution in [0.25, 0.3) is 0 Å². The van der Waals surface area contributed by atoms with Gasteiger partial charge >= 0.3 is 5.97 Å². The van der Waals surface area contributed by atoms with Gasteiger partial charge in [-0.05, 0) is 25.3 Å². The Morgan fingerprint density at radius 1 is 1.48 bits per heavy atom. The van der Waals surface area contributed by atoms with Crippen LogP contribution in [0.5, 0.6) is 0 Å². The fourth-order valence-corrected chi connectivity index (χ4v) is 3.63. The van der Waals surface area contributed by atoms with Gasteiger partial charge in [0, 0.05) is 18.1 Å². The minimum Gasteiger partial charge on any atom is -0.464 e. The quantitative estimate of drug-likeness (QED) is 0.783. The molecule has 1 aromatic rings. The Labute approximate surface area is 130 Å². The summed E-state index contributed by atoms with van der Waals surface area (Å²) < 4.78 is 10.8. The van der Waals surface area contributed by atoms with Crippen molar-refractivity contribution in [3.63, 3.8) is 0 Å². The van der Waals surface area contributed by atoms with E-state index in [9.17, 15) is 4.79 Å². The normalized spacial score (nSPS) is 21.0. The largest absolute Gasteiger partial charge is 0.464 e. The van der Waals surface area contributed by atoms with Gasteiger partial charge in [0.15, 0.2) is 0 Å². The van der Waals surface area contributed by atoms with Crippen molar-refractivity contribution in [1.29, 1.82) is 0 Å². The van der Waals surface area contributed by atoms with Crippen LogP contribution in [0.4, 0.5) is 0 Å². The fourth-order valence-electron chi connectivity index (χ4n) is 2.38. The van der Waals surface area contributed by atoms with Crippen LogP contribution >= 0.6 is 11.8 Å². The molecule has 0 radical (unpaired) electrons. The first kappa shape index (κ1) is 16.3. The zero-order valence-electron chi connectivity index (χ0n) is 12.4. The average molecular weight is 309 g/mol. The Kier molecular flexibility index (Phi) is 6.08. The third kappa shape index (κ3) is 4.22. The highest BCUT2D eigenvalue weighted by Crippen LogP contribution is 2.27. The molecule has 1 aliphatic rings. The van der Waals surface area contributed by atoms with Crippen LogP contribution in [0, 0.1) is 0 Å². The highest BCUT2D eigenvalue weighted by molar-refractivity contribution is 7.99. The highest BCUT2D eigenvalue weighted by atomic mass is 32.2. The van der Waals surface area contributed by atoms with Crippen LogP contribution in [0.2, 0.25) is 0 Å².